The van der Waals surface area contributed by atoms with Crippen LogP contribution in [0.3, 0.4) is 0 Å². The fraction of sp³-hybridized carbons (Fsp3) is 0.250. The lowest BCUT2D eigenvalue weighted by molar-refractivity contribution is 0.199. The first-order valence-electron chi connectivity index (χ1n) is 6.60. The Morgan fingerprint density at radius 2 is 2.00 bits per heavy atom. The number of benzene rings is 2. The smallest absolute Gasteiger partial charge is 0.125 e. The van der Waals surface area contributed by atoms with Crippen LogP contribution in [0.1, 0.15) is 24.2 Å². The number of fused-ring (bicyclic) bond motifs is 1. The molecule has 0 amide bonds. The number of aliphatic hydroxyl groups excluding tert-OH is 1. The van der Waals surface area contributed by atoms with Crippen molar-refractivity contribution in [3.05, 3.63) is 57.8 Å². The lowest BCUT2D eigenvalue weighted by Crippen LogP contribution is -2.14. The van der Waals surface area contributed by atoms with Gasteiger partial charge in [-0.2, -0.15) is 0 Å². The van der Waals surface area contributed by atoms with Gasteiger partial charge in [0.2, 0.25) is 0 Å². The van der Waals surface area contributed by atoms with Crippen LogP contribution >= 0.6 is 15.9 Å². The van der Waals surface area contributed by atoms with E-state index in [0.717, 1.165) is 39.9 Å². The molecular formula is C16H15BrFNO. The summed E-state index contributed by atoms with van der Waals surface area (Å²) < 4.78 is 14.4. The molecule has 0 radical (unpaired) electrons. The van der Waals surface area contributed by atoms with Gasteiger partial charge in [-0.3, -0.25) is 0 Å². The highest BCUT2D eigenvalue weighted by atomic mass is 79.9. The summed E-state index contributed by atoms with van der Waals surface area (Å²) in [5.74, 6) is -0.215. The van der Waals surface area contributed by atoms with Gasteiger partial charge in [0.25, 0.3) is 0 Å². The summed E-state index contributed by atoms with van der Waals surface area (Å²) in [4.78, 5) is 2.11. The zero-order valence-electron chi connectivity index (χ0n) is 11.1. The van der Waals surface area contributed by atoms with Crippen molar-refractivity contribution in [1.82, 2.24) is 0 Å². The molecule has 0 saturated carbocycles. The van der Waals surface area contributed by atoms with E-state index in [0.29, 0.717) is 0 Å². The lowest BCUT2D eigenvalue weighted by atomic mass is 10.1. The second-order valence-corrected chi connectivity index (χ2v) is 5.92. The number of nitrogens with zero attached hydrogens (tertiary/aromatic N) is 1. The van der Waals surface area contributed by atoms with Crippen molar-refractivity contribution >= 4 is 27.3 Å². The largest absolute Gasteiger partial charge is 0.389 e. The normalized spacial score (nSPS) is 15.3. The molecule has 3 rings (SSSR count). The van der Waals surface area contributed by atoms with Gasteiger partial charge in [-0.05, 0) is 64.7 Å². The predicted octanol–water partition coefficient (Wildman–Crippen LogP) is 4.34. The average Bonchev–Trinajstić information content (AvgIpc) is 2.81. The Morgan fingerprint density at radius 3 is 2.70 bits per heavy atom. The van der Waals surface area contributed by atoms with E-state index in [2.05, 4.69) is 20.8 Å². The second-order valence-electron chi connectivity index (χ2n) is 5.06. The second kappa shape index (κ2) is 5.19. The highest BCUT2D eigenvalue weighted by molar-refractivity contribution is 9.10. The molecule has 1 aliphatic rings. The Bertz CT molecular complexity index is 657. The molecule has 2 nitrogen and oxygen atoms in total. The zero-order chi connectivity index (χ0) is 14.3. The van der Waals surface area contributed by atoms with Gasteiger partial charge in [0, 0.05) is 16.7 Å². The number of aliphatic hydroxyl groups is 1. The van der Waals surface area contributed by atoms with Crippen molar-refractivity contribution < 1.29 is 9.50 Å². The Morgan fingerprint density at radius 1 is 1.20 bits per heavy atom. The molecule has 0 saturated heterocycles. The summed E-state index contributed by atoms with van der Waals surface area (Å²) in [7, 11) is 0. The minimum absolute atomic E-state index is 0.215. The first kappa shape index (κ1) is 13.6. The van der Waals surface area contributed by atoms with Crippen LogP contribution < -0.4 is 4.90 Å². The summed E-state index contributed by atoms with van der Waals surface area (Å²) in [6.07, 6.45) is 0.420. The summed E-state index contributed by atoms with van der Waals surface area (Å²) in [6.45, 7) is 2.58. The number of anilines is 2. The highest BCUT2D eigenvalue weighted by Crippen LogP contribution is 2.39. The van der Waals surface area contributed by atoms with Crippen LogP contribution in [0.4, 0.5) is 15.8 Å². The van der Waals surface area contributed by atoms with Gasteiger partial charge >= 0.3 is 0 Å². The molecule has 2 aromatic carbocycles. The topological polar surface area (TPSA) is 23.5 Å². The maximum atomic E-state index is 13.5. The number of hydrogen-bond acceptors (Lipinski definition) is 2. The Balaban J connectivity index is 2.02. The van der Waals surface area contributed by atoms with Crippen molar-refractivity contribution in [3.8, 4) is 0 Å². The highest BCUT2D eigenvalue weighted by Gasteiger charge is 2.22. The Kier molecular flexibility index (Phi) is 3.52. The van der Waals surface area contributed by atoms with Crippen LogP contribution in [0, 0.1) is 5.82 Å². The van der Waals surface area contributed by atoms with Gasteiger partial charge in [-0.25, -0.2) is 4.39 Å². The molecule has 104 valence electrons. The third kappa shape index (κ3) is 2.34. The molecule has 0 aromatic heterocycles. The molecule has 0 bridgehead atoms. The molecule has 1 N–H and O–H groups in total. The summed E-state index contributed by atoms with van der Waals surface area (Å²) in [5, 5.41) is 9.61. The van der Waals surface area contributed by atoms with Crippen molar-refractivity contribution in [1.29, 1.82) is 0 Å². The fourth-order valence-corrected chi connectivity index (χ4v) is 3.22. The van der Waals surface area contributed by atoms with E-state index in [4.69, 9.17) is 0 Å². The third-order valence-electron chi connectivity index (χ3n) is 3.69. The molecule has 1 unspecified atom stereocenters. The summed E-state index contributed by atoms with van der Waals surface area (Å²) >= 11 is 3.55. The summed E-state index contributed by atoms with van der Waals surface area (Å²) in [5.41, 5.74) is 3.95. The maximum Gasteiger partial charge on any atom is 0.125 e. The molecule has 0 aliphatic carbocycles. The number of hydrogen-bond donors (Lipinski definition) is 1. The van der Waals surface area contributed by atoms with Gasteiger partial charge < -0.3 is 10.0 Å². The standard InChI is InChI=1S/C16H15BrFNO/c1-10(20)12-3-5-15(14(17)8-12)19-7-6-11-2-4-13(18)9-16(11)19/h2-5,8-10,20H,6-7H2,1H3. The Labute approximate surface area is 126 Å². The minimum atomic E-state index is -0.497. The predicted molar refractivity (Wildman–Crippen MR) is 81.9 cm³/mol. The van der Waals surface area contributed by atoms with Gasteiger partial charge in [0.05, 0.1) is 11.8 Å². The molecule has 1 heterocycles. The third-order valence-corrected chi connectivity index (χ3v) is 4.32. The van der Waals surface area contributed by atoms with Crippen LogP contribution in [0.15, 0.2) is 40.9 Å². The van der Waals surface area contributed by atoms with E-state index >= 15 is 0 Å². The van der Waals surface area contributed by atoms with Gasteiger partial charge in [-0.15, -0.1) is 0 Å². The molecule has 20 heavy (non-hydrogen) atoms. The quantitative estimate of drug-likeness (QED) is 0.882. The van der Waals surface area contributed by atoms with Crippen LogP contribution in [0.5, 0.6) is 0 Å². The average molecular weight is 336 g/mol. The first-order valence-corrected chi connectivity index (χ1v) is 7.39. The van der Waals surface area contributed by atoms with Crippen LogP contribution in [0.2, 0.25) is 0 Å². The monoisotopic (exact) mass is 335 g/mol. The van der Waals surface area contributed by atoms with Gasteiger partial charge in [-0.1, -0.05) is 12.1 Å². The zero-order valence-corrected chi connectivity index (χ0v) is 12.7. The fourth-order valence-electron chi connectivity index (χ4n) is 2.60. The van der Waals surface area contributed by atoms with Crippen molar-refractivity contribution in [2.24, 2.45) is 0 Å². The van der Waals surface area contributed by atoms with Crippen molar-refractivity contribution in [2.75, 3.05) is 11.4 Å². The van der Waals surface area contributed by atoms with Crippen LogP contribution in [-0.2, 0) is 6.42 Å². The van der Waals surface area contributed by atoms with Crippen LogP contribution in [-0.4, -0.2) is 11.7 Å². The van der Waals surface area contributed by atoms with Crippen LogP contribution in [0.25, 0.3) is 0 Å². The number of rotatable bonds is 2. The summed E-state index contributed by atoms with van der Waals surface area (Å²) in [6, 6.07) is 10.7. The van der Waals surface area contributed by atoms with Crippen molar-refractivity contribution in [2.45, 2.75) is 19.4 Å². The molecule has 1 atom stereocenters. The van der Waals surface area contributed by atoms with E-state index < -0.39 is 6.10 Å². The maximum absolute atomic E-state index is 13.5. The Hall–Kier alpha value is -1.39. The first-order chi connectivity index (χ1) is 9.56. The van der Waals surface area contributed by atoms with Gasteiger partial charge in [0.15, 0.2) is 0 Å². The molecular weight excluding hydrogens is 321 g/mol. The van der Waals surface area contributed by atoms with E-state index in [9.17, 15) is 9.50 Å². The van der Waals surface area contributed by atoms with Gasteiger partial charge in [0.1, 0.15) is 5.82 Å². The minimum Gasteiger partial charge on any atom is -0.389 e. The SMILES string of the molecule is CC(O)c1ccc(N2CCc3ccc(F)cc32)c(Br)c1. The number of halogens is 2. The van der Waals surface area contributed by atoms with E-state index in [1.165, 1.54) is 6.07 Å². The lowest BCUT2D eigenvalue weighted by Gasteiger charge is -2.22. The molecule has 1 aliphatic heterocycles. The molecule has 2 aromatic rings. The molecule has 0 spiro atoms. The van der Waals surface area contributed by atoms with E-state index in [1.54, 1.807) is 13.0 Å². The van der Waals surface area contributed by atoms with Crippen molar-refractivity contribution in [3.63, 3.8) is 0 Å². The van der Waals surface area contributed by atoms with E-state index in [1.807, 2.05) is 24.3 Å². The van der Waals surface area contributed by atoms with E-state index in [-0.39, 0.29) is 5.82 Å². The molecule has 4 heteroatoms. The molecule has 0 fully saturated rings.